The molecule has 0 aromatic heterocycles. The second-order valence-corrected chi connectivity index (χ2v) is 5.19. The monoisotopic (exact) mass is 246 g/mol. The van der Waals surface area contributed by atoms with Crippen LogP contribution in [0.1, 0.15) is 22.3 Å². The van der Waals surface area contributed by atoms with E-state index in [1.165, 1.54) is 0 Å². The Hall–Kier alpha value is -1.19. The van der Waals surface area contributed by atoms with Crippen molar-refractivity contribution in [3.05, 3.63) is 35.4 Å². The molecule has 0 atom stereocenters. The Kier molecular flexibility index (Phi) is 4.50. The lowest BCUT2D eigenvalue weighted by Crippen LogP contribution is -2.45. The molecule has 0 radical (unpaired) electrons. The summed E-state index contributed by atoms with van der Waals surface area (Å²) in [6.45, 7) is 7.30. The molecule has 0 N–H and O–H groups in total. The Bertz CT molecular complexity index is 409. The van der Waals surface area contributed by atoms with Crippen LogP contribution in [0.15, 0.2) is 24.3 Å². The van der Waals surface area contributed by atoms with E-state index in [-0.39, 0.29) is 5.78 Å². The van der Waals surface area contributed by atoms with Gasteiger partial charge in [0.15, 0.2) is 5.78 Å². The maximum atomic E-state index is 12.1. The van der Waals surface area contributed by atoms with E-state index in [0.29, 0.717) is 6.42 Å². The highest BCUT2D eigenvalue weighted by atomic mass is 16.1. The average molecular weight is 246 g/mol. The third-order valence-electron chi connectivity index (χ3n) is 3.59. The lowest BCUT2D eigenvalue weighted by atomic mass is 10.1. The van der Waals surface area contributed by atoms with Gasteiger partial charge >= 0.3 is 0 Å². The summed E-state index contributed by atoms with van der Waals surface area (Å²) in [6.07, 6.45) is 0.632. The van der Waals surface area contributed by atoms with E-state index in [1.807, 2.05) is 31.2 Å². The molecule has 0 unspecified atom stereocenters. The van der Waals surface area contributed by atoms with Gasteiger partial charge in [0.1, 0.15) is 0 Å². The van der Waals surface area contributed by atoms with Gasteiger partial charge in [-0.2, -0.15) is 0 Å². The number of carbonyl (C=O) groups is 1. The van der Waals surface area contributed by atoms with Crippen molar-refractivity contribution in [1.29, 1.82) is 0 Å². The van der Waals surface area contributed by atoms with Crippen LogP contribution in [0.4, 0.5) is 0 Å². The van der Waals surface area contributed by atoms with Crippen LogP contribution >= 0.6 is 0 Å². The normalized spacial score (nSPS) is 17.9. The maximum absolute atomic E-state index is 12.1. The van der Waals surface area contributed by atoms with E-state index in [4.69, 9.17) is 0 Å². The summed E-state index contributed by atoms with van der Waals surface area (Å²) in [5.41, 5.74) is 2.00. The average Bonchev–Trinajstić information content (AvgIpc) is 2.38. The van der Waals surface area contributed by atoms with Crippen LogP contribution in [0.3, 0.4) is 0 Å². The molecule has 3 nitrogen and oxygen atoms in total. The first kappa shape index (κ1) is 13.2. The number of likely N-dealkylation sites (N-methyl/N-ethyl adjacent to an activating group) is 1. The molecular weight excluding hydrogens is 224 g/mol. The fourth-order valence-electron chi connectivity index (χ4n) is 2.29. The molecule has 1 aromatic rings. The summed E-state index contributed by atoms with van der Waals surface area (Å²) in [5.74, 6) is 0.262. The summed E-state index contributed by atoms with van der Waals surface area (Å²) >= 11 is 0. The highest BCUT2D eigenvalue weighted by Gasteiger charge is 2.15. The smallest absolute Gasteiger partial charge is 0.164 e. The number of hydrogen-bond donors (Lipinski definition) is 0. The first-order chi connectivity index (χ1) is 8.65. The number of ketones is 1. The maximum Gasteiger partial charge on any atom is 0.164 e. The molecule has 1 aliphatic heterocycles. The van der Waals surface area contributed by atoms with Crippen LogP contribution in [0, 0.1) is 6.92 Å². The summed E-state index contributed by atoms with van der Waals surface area (Å²) in [7, 11) is 2.15. The Morgan fingerprint density at radius 3 is 2.61 bits per heavy atom. The molecule has 3 heteroatoms. The topological polar surface area (TPSA) is 23.6 Å². The van der Waals surface area contributed by atoms with Crippen molar-refractivity contribution in [2.75, 3.05) is 39.8 Å². The van der Waals surface area contributed by atoms with E-state index in [9.17, 15) is 4.79 Å². The molecule has 0 aliphatic carbocycles. The molecule has 0 bridgehead atoms. The SMILES string of the molecule is Cc1cccc(C(=O)CCN2CCN(C)CC2)c1. The van der Waals surface area contributed by atoms with Crippen molar-refractivity contribution >= 4 is 5.78 Å². The molecule has 2 rings (SSSR count). The minimum Gasteiger partial charge on any atom is -0.304 e. The minimum atomic E-state index is 0.262. The van der Waals surface area contributed by atoms with Crippen molar-refractivity contribution in [3.63, 3.8) is 0 Å². The lowest BCUT2D eigenvalue weighted by Gasteiger charge is -2.32. The molecule has 18 heavy (non-hydrogen) atoms. The van der Waals surface area contributed by atoms with Gasteiger partial charge < -0.3 is 9.80 Å². The standard InChI is InChI=1S/C15H22N2O/c1-13-4-3-5-14(12-13)15(18)6-7-17-10-8-16(2)9-11-17/h3-5,12H,6-11H2,1-2H3. The Labute approximate surface area is 109 Å². The van der Waals surface area contributed by atoms with Gasteiger partial charge in [-0.15, -0.1) is 0 Å². The molecule has 1 fully saturated rings. The zero-order valence-corrected chi connectivity index (χ0v) is 11.4. The fraction of sp³-hybridized carbons (Fsp3) is 0.533. The number of carbonyl (C=O) groups excluding carboxylic acids is 1. The Balaban J connectivity index is 1.81. The van der Waals surface area contributed by atoms with Gasteiger partial charge in [-0.3, -0.25) is 4.79 Å². The molecule has 0 spiro atoms. The van der Waals surface area contributed by atoms with Crippen LogP contribution < -0.4 is 0 Å². The van der Waals surface area contributed by atoms with Gasteiger partial charge in [-0.05, 0) is 20.0 Å². The number of rotatable bonds is 4. The van der Waals surface area contributed by atoms with E-state index in [0.717, 1.165) is 43.9 Å². The first-order valence-corrected chi connectivity index (χ1v) is 6.66. The van der Waals surface area contributed by atoms with Gasteiger partial charge in [-0.1, -0.05) is 23.8 Å². The van der Waals surface area contributed by atoms with E-state index >= 15 is 0 Å². The van der Waals surface area contributed by atoms with E-state index in [1.54, 1.807) is 0 Å². The second-order valence-electron chi connectivity index (χ2n) is 5.19. The zero-order valence-electron chi connectivity index (χ0n) is 11.4. The van der Waals surface area contributed by atoms with Gasteiger partial charge in [0.05, 0.1) is 0 Å². The van der Waals surface area contributed by atoms with Crippen LogP contribution in [-0.2, 0) is 0 Å². The number of benzene rings is 1. The lowest BCUT2D eigenvalue weighted by molar-refractivity contribution is 0.0942. The van der Waals surface area contributed by atoms with Gasteiger partial charge in [-0.25, -0.2) is 0 Å². The van der Waals surface area contributed by atoms with Crippen LogP contribution in [-0.4, -0.2) is 55.4 Å². The second kappa shape index (κ2) is 6.12. The fourth-order valence-corrected chi connectivity index (χ4v) is 2.29. The van der Waals surface area contributed by atoms with Crippen molar-refractivity contribution < 1.29 is 4.79 Å². The number of hydrogen-bond acceptors (Lipinski definition) is 3. The quantitative estimate of drug-likeness (QED) is 0.757. The molecular formula is C15H22N2O. The third kappa shape index (κ3) is 3.65. The highest BCUT2D eigenvalue weighted by Crippen LogP contribution is 2.08. The molecule has 1 aromatic carbocycles. The van der Waals surface area contributed by atoms with Gasteiger partial charge in [0, 0.05) is 44.7 Å². The van der Waals surface area contributed by atoms with Crippen LogP contribution in [0.2, 0.25) is 0 Å². The van der Waals surface area contributed by atoms with Crippen molar-refractivity contribution in [1.82, 2.24) is 9.80 Å². The van der Waals surface area contributed by atoms with E-state index < -0.39 is 0 Å². The number of Topliss-reactive ketones (excluding diaryl/α,β-unsaturated/α-hetero) is 1. The van der Waals surface area contributed by atoms with Crippen LogP contribution in [0.5, 0.6) is 0 Å². The van der Waals surface area contributed by atoms with Crippen molar-refractivity contribution in [2.24, 2.45) is 0 Å². The third-order valence-corrected chi connectivity index (χ3v) is 3.59. The molecule has 1 heterocycles. The number of nitrogens with zero attached hydrogens (tertiary/aromatic N) is 2. The largest absolute Gasteiger partial charge is 0.304 e. The molecule has 0 amide bonds. The first-order valence-electron chi connectivity index (χ1n) is 6.66. The summed E-state index contributed by atoms with van der Waals surface area (Å²) in [5, 5.41) is 0. The highest BCUT2D eigenvalue weighted by molar-refractivity contribution is 5.96. The Morgan fingerprint density at radius 1 is 1.22 bits per heavy atom. The van der Waals surface area contributed by atoms with Crippen LogP contribution in [0.25, 0.3) is 0 Å². The molecule has 1 aliphatic rings. The Morgan fingerprint density at radius 2 is 1.94 bits per heavy atom. The number of piperazine rings is 1. The predicted octanol–water partition coefficient (Wildman–Crippen LogP) is 1.82. The van der Waals surface area contributed by atoms with Gasteiger partial charge in [0.25, 0.3) is 0 Å². The van der Waals surface area contributed by atoms with Gasteiger partial charge in [0.2, 0.25) is 0 Å². The van der Waals surface area contributed by atoms with E-state index in [2.05, 4.69) is 16.8 Å². The van der Waals surface area contributed by atoms with Crippen molar-refractivity contribution in [3.8, 4) is 0 Å². The predicted molar refractivity (Wildman–Crippen MR) is 74.1 cm³/mol. The number of aryl methyl sites for hydroxylation is 1. The summed E-state index contributed by atoms with van der Waals surface area (Å²) < 4.78 is 0. The minimum absolute atomic E-state index is 0.262. The molecule has 1 saturated heterocycles. The summed E-state index contributed by atoms with van der Waals surface area (Å²) in [4.78, 5) is 16.8. The summed E-state index contributed by atoms with van der Waals surface area (Å²) in [6, 6.07) is 7.88. The molecule has 0 saturated carbocycles. The molecule has 98 valence electrons. The van der Waals surface area contributed by atoms with Crippen molar-refractivity contribution in [2.45, 2.75) is 13.3 Å². The zero-order chi connectivity index (χ0) is 13.0.